The smallest absolute Gasteiger partial charge is 0.310 e. The summed E-state index contributed by atoms with van der Waals surface area (Å²) in [5.41, 5.74) is -1.03. The average Bonchev–Trinajstić information content (AvgIpc) is 2.61. The van der Waals surface area contributed by atoms with E-state index in [0.29, 0.717) is 0 Å². The number of rotatable bonds is 2. The summed E-state index contributed by atoms with van der Waals surface area (Å²) in [6.07, 6.45) is 2.53. The Morgan fingerprint density at radius 3 is 2.36 bits per heavy atom. The van der Waals surface area contributed by atoms with Crippen molar-refractivity contribution in [2.24, 2.45) is 23.2 Å². The largest absolute Gasteiger partial charge is 0.481 e. The van der Waals surface area contributed by atoms with Crippen LogP contribution in [-0.2, 0) is 9.59 Å². The van der Waals surface area contributed by atoms with Gasteiger partial charge in [-0.1, -0.05) is 0 Å². The number of carboxylic acid groups (broad SMARTS) is 2. The van der Waals surface area contributed by atoms with Gasteiger partial charge in [-0.15, -0.1) is 0 Å². The van der Waals surface area contributed by atoms with Gasteiger partial charge in [0.25, 0.3) is 0 Å². The first-order valence-corrected chi connectivity index (χ1v) is 4.94. The molecule has 4 heteroatoms. The molecule has 2 rings (SSSR count). The standard InChI is InChI=1S/C10H14O4/c1-10(9(13)14)6-3-2-5(4-6)7(10)8(11)12/h5-7H,2-4H2,1H3,(H,11,12)(H,13,14). The van der Waals surface area contributed by atoms with Gasteiger partial charge in [-0.05, 0) is 38.0 Å². The molecule has 0 radical (unpaired) electrons. The Hall–Kier alpha value is -1.06. The molecular formula is C10H14O4. The molecule has 4 atom stereocenters. The van der Waals surface area contributed by atoms with E-state index in [-0.39, 0.29) is 11.8 Å². The van der Waals surface area contributed by atoms with Gasteiger partial charge in [-0.2, -0.15) is 0 Å². The average molecular weight is 198 g/mol. The molecule has 0 amide bonds. The maximum absolute atomic E-state index is 11.2. The second kappa shape index (κ2) is 2.72. The zero-order valence-corrected chi connectivity index (χ0v) is 8.06. The summed E-state index contributed by atoms with van der Waals surface area (Å²) in [5.74, 6) is -2.43. The summed E-state index contributed by atoms with van der Waals surface area (Å²) in [7, 11) is 0. The number of carboxylic acids is 2. The number of hydrogen-bond donors (Lipinski definition) is 2. The van der Waals surface area contributed by atoms with Crippen LogP contribution in [0.1, 0.15) is 26.2 Å². The minimum Gasteiger partial charge on any atom is -0.481 e. The van der Waals surface area contributed by atoms with Gasteiger partial charge in [0.2, 0.25) is 0 Å². The van der Waals surface area contributed by atoms with E-state index in [0.717, 1.165) is 19.3 Å². The van der Waals surface area contributed by atoms with Crippen LogP contribution >= 0.6 is 0 Å². The fourth-order valence-electron chi connectivity index (χ4n) is 3.37. The van der Waals surface area contributed by atoms with Gasteiger partial charge in [-0.3, -0.25) is 9.59 Å². The molecule has 2 saturated carbocycles. The highest BCUT2D eigenvalue weighted by molar-refractivity contribution is 5.84. The van der Waals surface area contributed by atoms with Gasteiger partial charge in [-0.25, -0.2) is 0 Å². The second-order valence-corrected chi connectivity index (χ2v) is 4.67. The lowest BCUT2D eigenvalue weighted by Crippen LogP contribution is -2.44. The van der Waals surface area contributed by atoms with Crippen molar-refractivity contribution in [1.29, 1.82) is 0 Å². The molecule has 0 aromatic carbocycles. The highest BCUT2D eigenvalue weighted by Gasteiger charge is 2.62. The third kappa shape index (κ3) is 0.938. The van der Waals surface area contributed by atoms with Crippen LogP contribution < -0.4 is 0 Å². The molecule has 0 heterocycles. The van der Waals surface area contributed by atoms with E-state index in [4.69, 9.17) is 10.2 Å². The molecule has 2 aliphatic rings. The summed E-state index contributed by atoms with van der Waals surface area (Å²) in [4.78, 5) is 22.2. The molecule has 0 saturated heterocycles. The fourth-order valence-corrected chi connectivity index (χ4v) is 3.37. The summed E-state index contributed by atoms with van der Waals surface area (Å²) in [6.45, 7) is 1.60. The van der Waals surface area contributed by atoms with E-state index in [1.807, 2.05) is 0 Å². The van der Waals surface area contributed by atoms with Gasteiger partial charge in [0, 0.05) is 0 Å². The van der Waals surface area contributed by atoms with Gasteiger partial charge >= 0.3 is 11.9 Å². The summed E-state index contributed by atoms with van der Waals surface area (Å²) in [6, 6.07) is 0. The molecule has 14 heavy (non-hydrogen) atoms. The molecule has 2 aliphatic carbocycles. The first-order valence-electron chi connectivity index (χ1n) is 4.94. The van der Waals surface area contributed by atoms with E-state index in [1.165, 1.54) is 0 Å². The third-order valence-electron chi connectivity index (χ3n) is 4.17. The van der Waals surface area contributed by atoms with Crippen molar-refractivity contribution >= 4 is 11.9 Å². The first kappa shape index (κ1) is 9.49. The summed E-state index contributed by atoms with van der Waals surface area (Å²) < 4.78 is 0. The van der Waals surface area contributed by atoms with Crippen LogP contribution in [0, 0.1) is 23.2 Å². The van der Waals surface area contributed by atoms with E-state index in [1.54, 1.807) is 6.92 Å². The van der Waals surface area contributed by atoms with E-state index < -0.39 is 23.3 Å². The third-order valence-corrected chi connectivity index (χ3v) is 4.17. The van der Waals surface area contributed by atoms with Gasteiger partial charge in [0.15, 0.2) is 0 Å². The molecule has 4 nitrogen and oxygen atoms in total. The van der Waals surface area contributed by atoms with Crippen LogP contribution in [0.2, 0.25) is 0 Å². The zero-order valence-electron chi connectivity index (χ0n) is 8.06. The quantitative estimate of drug-likeness (QED) is 0.699. The predicted octanol–water partition coefficient (Wildman–Crippen LogP) is 1.21. The van der Waals surface area contributed by atoms with Crippen LogP contribution in [0.25, 0.3) is 0 Å². The summed E-state index contributed by atoms with van der Waals surface area (Å²) in [5, 5.41) is 18.2. The van der Waals surface area contributed by atoms with Crippen LogP contribution in [-0.4, -0.2) is 22.2 Å². The van der Waals surface area contributed by atoms with Crippen LogP contribution in [0.3, 0.4) is 0 Å². The lowest BCUT2D eigenvalue weighted by atomic mass is 9.67. The summed E-state index contributed by atoms with van der Waals surface area (Å²) >= 11 is 0. The van der Waals surface area contributed by atoms with Crippen molar-refractivity contribution in [2.75, 3.05) is 0 Å². The monoisotopic (exact) mass is 198 g/mol. The van der Waals surface area contributed by atoms with Crippen LogP contribution in [0.5, 0.6) is 0 Å². The maximum atomic E-state index is 11.2. The van der Waals surface area contributed by atoms with E-state index >= 15 is 0 Å². The van der Waals surface area contributed by atoms with Crippen molar-refractivity contribution in [1.82, 2.24) is 0 Å². The number of fused-ring (bicyclic) bond motifs is 2. The van der Waals surface area contributed by atoms with Crippen molar-refractivity contribution in [2.45, 2.75) is 26.2 Å². The van der Waals surface area contributed by atoms with Gasteiger partial charge in [0.05, 0.1) is 11.3 Å². The normalized spacial score (nSPS) is 45.4. The molecule has 0 aliphatic heterocycles. The SMILES string of the molecule is CC1(C(=O)O)C2CCC(C2)C1C(=O)O. The number of aliphatic carboxylic acids is 2. The molecule has 0 aromatic heterocycles. The highest BCUT2D eigenvalue weighted by atomic mass is 16.4. The lowest BCUT2D eigenvalue weighted by Gasteiger charge is -2.34. The zero-order chi connectivity index (χ0) is 10.5. The minimum absolute atomic E-state index is 0.0612. The molecule has 78 valence electrons. The van der Waals surface area contributed by atoms with Crippen molar-refractivity contribution in [3.63, 3.8) is 0 Å². The molecule has 2 N–H and O–H groups in total. The molecule has 0 aromatic rings. The Bertz CT molecular complexity index is 298. The second-order valence-electron chi connectivity index (χ2n) is 4.67. The van der Waals surface area contributed by atoms with Crippen LogP contribution in [0.4, 0.5) is 0 Å². The molecule has 2 bridgehead atoms. The molecular weight excluding hydrogens is 184 g/mol. The van der Waals surface area contributed by atoms with Gasteiger partial charge < -0.3 is 10.2 Å². The Labute approximate surface area is 81.9 Å². The van der Waals surface area contributed by atoms with Crippen molar-refractivity contribution in [3.8, 4) is 0 Å². The molecule has 0 spiro atoms. The maximum Gasteiger partial charge on any atom is 0.310 e. The minimum atomic E-state index is -1.03. The van der Waals surface area contributed by atoms with E-state index in [9.17, 15) is 9.59 Å². The van der Waals surface area contributed by atoms with Crippen molar-refractivity contribution < 1.29 is 19.8 Å². The van der Waals surface area contributed by atoms with Gasteiger partial charge in [0.1, 0.15) is 0 Å². The fraction of sp³-hybridized carbons (Fsp3) is 0.800. The molecule has 2 fully saturated rings. The number of hydrogen-bond acceptors (Lipinski definition) is 2. The lowest BCUT2D eigenvalue weighted by molar-refractivity contribution is -0.165. The Morgan fingerprint density at radius 1 is 1.29 bits per heavy atom. The topological polar surface area (TPSA) is 74.6 Å². The van der Waals surface area contributed by atoms with Crippen molar-refractivity contribution in [3.05, 3.63) is 0 Å². The Balaban J connectivity index is 2.39. The Kier molecular flexibility index (Phi) is 1.84. The highest BCUT2D eigenvalue weighted by Crippen LogP contribution is 2.59. The first-order chi connectivity index (χ1) is 6.48. The Morgan fingerprint density at radius 2 is 1.93 bits per heavy atom. The predicted molar refractivity (Wildman–Crippen MR) is 47.7 cm³/mol. The van der Waals surface area contributed by atoms with Crippen LogP contribution in [0.15, 0.2) is 0 Å². The number of carbonyl (C=O) groups is 2. The molecule has 4 unspecified atom stereocenters. The van der Waals surface area contributed by atoms with E-state index in [2.05, 4.69) is 0 Å².